The average molecular weight is 528 g/mol. The first kappa shape index (κ1) is 26.4. The van der Waals surface area contributed by atoms with E-state index in [1.54, 1.807) is 37.8 Å². The van der Waals surface area contributed by atoms with Gasteiger partial charge in [0.05, 0.1) is 23.6 Å². The zero-order chi connectivity index (χ0) is 27.9. The molecule has 7 nitrogen and oxygen atoms in total. The van der Waals surface area contributed by atoms with E-state index in [1.165, 1.54) is 12.1 Å². The van der Waals surface area contributed by atoms with Gasteiger partial charge in [0.1, 0.15) is 28.8 Å². The molecule has 1 amide bonds. The largest absolute Gasteiger partial charge is 0.461 e. The average Bonchev–Trinajstić information content (AvgIpc) is 3.61. The Morgan fingerprint density at radius 2 is 1.87 bits per heavy atom. The van der Waals surface area contributed by atoms with Crippen LogP contribution in [0.15, 0.2) is 46.9 Å². The number of nitriles is 2. The monoisotopic (exact) mass is 527 g/mol. The molecule has 2 aliphatic rings. The predicted molar refractivity (Wildman–Crippen MR) is 142 cm³/mol. The van der Waals surface area contributed by atoms with Gasteiger partial charge in [-0.3, -0.25) is 9.69 Å². The summed E-state index contributed by atoms with van der Waals surface area (Å²) in [5, 5.41) is 19.6. The topological polar surface area (TPSA) is 107 Å². The van der Waals surface area contributed by atoms with Crippen molar-refractivity contribution in [1.82, 2.24) is 4.90 Å². The number of likely N-dealkylation sites (tertiary alicyclic amines) is 1. The number of halogens is 1. The highest BCUT2D eigenvalue weighted by Crippen LogP contribution is 2.44. The Kier molecular flexibility index (Phi) is 6.91. The van der Waals surface area contributed by atoms with Crippen molar-refractivity contribution < 1.29 is 23.1 Å². The highest BCUT2D eigenvalue weighted by molar-refractivity contribution is 5.89. The number of benzene rings is 2. The number of ether oxygens (including phenoxy) is 1. The summed E-state index contributed by atoms with van der Waals surface area (Å²) in [4.78, 5) is 28.0. The number of Topliss-reactive ketones (excluding diaryl/α,β-unsaturated/α-hetero) is 1. The number of hydrogen-bond donors (Lipinski definition) is 0. The summed E-state index contributed by atoms with van der Waals surface area (Å²) in [6, 6.07) is 15.3. The molecule has 3 aromatic rings. The summed E-state index contributed by atoms with van der Waals surface area (Å²) in [7, 11) is 0. The van der Waals surface area contributed by atoms with Gasteiger partial charge >= 0.3 is 6.09 Å². The summed E-state index contributed by atoms with van der Waals surface area (Å²) < 4.78 is 25.7. The van der Waals surface area contributed by atoms with Crippen LogP contribution in [0.4, 0.5) is 9.18 Å². The number of ketones is 1. The fourth-order valence-electron chi connectivity index (χ4n) is 5.91. The van der Waals surface area contributed by atoms with Crippen molar-refractivity contribution in [3.63, 3.8) is 0 Å². The van der Waals surface area contributed by atoms with Crippen LogP contribution in [0.25, 0.3) is 22.1 Å². The maximum Gasteiger partial charge on any atom is 0.411 e. The third-order valence-electron chi connectivity index (χ3n) is 7.59. The van der Waals surface area contributed by atoms with Crippen molar-refractivity contribution >= 4 is 22.8 Å². The molecule has 4 atom stereocenters. The van der Waals surface area contributed by atoms with E-state index in [4.69, 9.17) is 14.4 Å². The lowest BCUT2D eigenvalue weighted by Crippen LogP contribution is -2.51. The second-order valence-corrected chi connectivity index (χ2v) is 11.5. The van der Waals surface area contributed by atoms with Gasteiger partial charge in [0.2, 0.25) is 0 Å². The van der Waals surface area contributed by atoms with Crippen molar-refractivity contribution in [3.8, 4) is 23.3 Å². The number of fused-ring (bicyclic) bond motifs is 3. The van der Waals surface area contributed by atoms with E-state index in [1.807, 2.05) is 24.3 Å². The van der Waals surface area contributed by atoms with E-state index < -0.39 is 29.5 Å². The lowest BCUT2D eigenvalue weighted by atomic mass is 9.89. The zero-order valence-corrected chi connectivity index (χ0v) is 22.2. The molecular weight excluding hydrogens is 497 g/mol. The Labute approximate surface area is 226 Å². The van der Waals surface area contributed by atoms with Crippen LogP contribution in [0, 0.1) is 40.3 Å². The SMILES string of the molecule is CC(C)(C)OC(=O)N1[C@@H]2CC[C@@H](C2)[C@H]1C(=O)CC(C#N)Cc1cc2cc(-c3ccc(C#N)c(F)c3)ccc2o1. The summed E-state index contributed by atoms with van der Waals surface area (Å²) in [6.45, 7) is 5.42. The molecular formula is C31H30FN3O4. The van der Waals surface area contributed by atoms with Crippen LogP contribution in [-0.4, -0.2) is 34.5 Å². The molecule has 8 heteroatoms. The molecule has 2 fully saturated rings. The molecule has 39 heavy (non-hydrogen) atoms. The minimum atomic E-state index is -0.656. The van der Waals surface area contributed by atoms with E-state index in [0.29, 0.717) is 16.9 Å². The number of carbonyl (C=O) groups excluding carboxylic acids is 2. The van der Waals surface area contributed by atoms with Gasteiger partial charge < -0.3 is 9.15 Å². The zero-order valence-electron chi connectivity index (χ0n) is 22.2. The number of carbonyl (C=O) groups is 2. The van der Waals surface area contributed by atoms with Gasteiger partial charge in [0.25, 0.3) is 0 Å². The van der Waals surface area contributed by atoms with Crippen molar-refractivity contribution in [3.05, 3.63) is 59.6 Å². The lowest BCUT2D eigenvalue weighted by molar-refractivity contribution is -0.126. The lowest BCUT2D eigenvalue weighted by Gasteiger charge is -2.35. The Hall–Kier alpha value is -4.17. The number of hydrogen-bond acceptors (Lipinski definition) is 6. The number of furan rings is 1. The first-order chi connectivity index (χ1) is 18.6. The van der Waals surface area contributed by atoms with Gasteiger partial charge in [-0.25, -0.2) is 9.18 Å². The fourth-order valence-corrected chi connectivity index (χ4v) is 5.91. The Morgan fingerprint density at radius 3 is 2.56 bits per heavy atom. The summed E-state index contributed by atoms with van der Waals surface area (Å²) in [6.07, 6.45) is 2.37. The second kappa shape index (κ2) is 10.2. The summed E-state index contributed by atoms with van der Waals surface area (Å²) in [5.41, 5.74) is 1.36. The molecule has 2 aromatic carbocycles. The van der Waals surface area contributed by atoms with Crippen LogP contribution in [-0.2, 0) is 16.0 Å². The standard InChI is InChI=1S/C31H30FN3O4/c1-31(2,3)39-30(37)35-24-8-6-21(13-24)29(35)27(36)11-18(16-33)10-25-14-23-12-19(7-9-28(23)38-25)20-4-5-22(17-34)26(32)15-20/h4-5,7,9,12,14-15,18,21,24,29H,6,8,10-11,13H2,1-3H3/t18?,21-,24+,29-/m0/s1. The molecule has 1 aromatic heterocycles. The molecule has 200 valence electrons. The molecule has 0 spiro atoms. The van der Waals surface area contributed by atoms with E-state index in [9.17, 15) is 19.2 Å². The highest BCUT2D eigenvalue weighted by Gasteiger charge is 2.52. The van der Waals surface area contributed by atoms with Crippen molar-refractivity contribution in [1.29, 1.82) is 10.5 Å². The molecule has 1 unspecified atom stereocenters. The molecule has 2 bridgehead atoms. The Morgan fingerprint density at radius 1 is 1.13 bits per heavy atom. The van der Waals surface area contributed by atoms with E-state index in [-0.39, 0.29) is 36.1 Å². The van der Waals surface area contributed by atoms with Gasteiger partial charge in [-0.05, 0) is 87.4 Å². The molecule has 0 N–H and O–H groups in total. The molecule has 2 heterocycles. The molecule has 1 saturated carbocycles. The maximum atomic E-state index is 14.1. The van der Waals surface area contributed by atoms with Gasteiger partial charge in [0, 0.05) is 24.3 Å². The van der Waals surface area contributed by atoms with Crippen LogP contribution in [0.3, 0.4) is 0 Å². The predicted octanol–water partition coefficient (Wildman–Crippen LogP) is 6.54. The minimum absolute atomic E-state index is 0.00786. The van der Waals surface area contributed by atoms with Crippen LogP contribution >= 0.6 is 0 Å². The molecule has 5 rings (SSSR count). The van der Waals surface area contributed by atoms with Crippen LogP contribution in [0.1, 0.15) is 57.8 Å². The van der Waals surface area contributed by atoms with Crippen LogP contribution < -0.4 is 0 Å². The van der Waals surface area contributed by atoms with E-state index in [2.05, 4.69) is 6.07 Å². The number of piperidine rings is 1. The second-order valence-electron chi connectivity index (χ2n) is 11.5. The van der Waals surface area contributed by atoms with Gasteiger partial charge in [-0.1, -0.05) is 12.1 Å². The van der Waals surface area contributed by atoms with Crippen molar-refractivity contribution in [2.75, 3.05) is 0 Å². The van der Waals surface area contributed by atoms with Gasteiger partial charge in [-0.15, -0.1) is 0 Å². The normalized spacial score (nSPS) is 21.0. The van der Waals surface area contributed by atoms with Crippen molar-refractivity contribution in [2.24, 2.45) is 11.8 Å². The Balaban J connectivity index is 1.30. The minimum Gasteiger partial charge on any atom is -0.461 e. The third-order valence-corrected chi connectivity index (χ3v) is 7.59. The molecule has 1 aliphatic heterocycles. The Bertz CT molecular complexity index is 1520. The van der Waals surface area contributed by atoms with Gasteiger partial charge in [0.15, 0.2) is 5.78 Å². The van der Waals surface area contributed by atoms with Crippen LogP contribution in [0.5, 0.6) is 0 Å². The van der Waals surface area contributed by atoms with E-state index >= 15 is 0 Å². The first-order valence-corrected chi connectivity index (χ1v) is 13.2. The number of amides is 1. The van der Waals surface area contributed by atoms with Gasteiger partial charge in [-0.2, -0.15) is 10.5 Å². The number of rotatable bonds is 6. The molecule has 1 saturated heterocycles. The fraction of sp³-hybridized carbons (Fsp3) is 0.419. The maximum absolute atomic E-state index is 14.1. The molecule has 0 radical (unpaired) electrons. The first-order valence-electron chi connectivity index (χ1n) is 13.2. The number of nitrogens with zero attached hydrogens (tertiary/aromatic N) is 3. The summed E-state index contributed by atoms with van der Waals surface area (Å²) >= 11 is 0. The quantitative estimate of drug-likeness (QED) is 0.360. The van der Waals surface area contributed by atoms with E-state index in [0.717, 1.165) is 30.2 Å². The van der Waals surface area contributed by atoms with Crippen molar-refractivity contribution in [2.45, 2.75) is 70.6 Å². The highest BCUT2D eigenvalue weighted by atomic mass is 19.1. The third kappa shape index (κ3) is 5.38. The summed E-state index contributed by atoms with van der Waals surface area (Å²) in [5.74, 6) is -0.619. The molecule has 1 aliphatic carbocycles. The van der Waals surface area contributed by atoms with Crippen LogP contribution in [0.2, 0.25) is 0 Å². The smallest absolute Gasteiger partial charge is 0.411 e.